The molecule has 5 nitrogen and oxygen atoms in total. The molecule has 0 fully saturated rings. The van der Waals surface area contributed by atoms with Crippen LogP contribution in [-0.4, -0.2) is 14.2 Å². The molecule has 1 aromatic heterocycles. The van der Waals surface area contributed by atoms with Gasteiger partial charge < -0.3 is 11.1 Å². The monoisotopic (exact) mass is 480 g/mol. The van der Waals surface area contributed by atoms with Crippen molar-refractivity contribution in [1.29, 1.82) is 0 Å². The summed E-state index contributed by atoms with van der Waals surface area (Å²) in [5.41, 5.74) is 8.12. The van der Waals surface area contributed by atoms with Crippen molar-refractivity contribution in [2.24, 2.45) is 0 Å². The van der Waals surface area contributed by atoms with Crippen LogP contribution >= 0.6 is 11.3 Å². The van der Waals surface area contributed by atoms with Gasteiger partial charge in [-0.25, -0.2) is 12.8 Å². The lowest BCUT2D eigenvalue weighted by molar-refractivity contribution is 0.104. The molecule has 3 aromatic carbocycles. The number of thiophene rings is 1. The SMILES string of the molecule is CCc1ccccc1Nc1sc(C(=O)c2ccc(F)cc2)c(N)c1S(=O)(=O)c1ccccc1. The van der Waals surface area contributed by atoms with Crippen LogP contribution in [0.25, 0.3) is 0 Å². The van der Waals surface area contributed by atoms with Gasteiger partial charge in [0.15, 0.2) is 0 Å². The molecule has 0 radical (unpaired) electrons. The summed E-state index contributed by atoms with van der Waals surface area (Å²) >= 11 is 0.970. The number of hydrogen-bond acceptors (Lipinski definition) is 6. The molecule has 0 saturated carbocycles. The fourth-order valence-electron chi connectivity index (χ4n) is 3.47. The van der Waals surface area contributed by atoms with E-state index in [1.54, 1.807) is 18.2 Å². The molecule has 8 heteroatoms. The Morgan fingerprint density at radius 1 is 0.970 bits per heavy atom. The molecular formula is C25H21FN2O3S2. The summed E-state index contributed by atoms with van der Waals surface area (Å²) < 4.78 is 40.5. The Kier molecular flexibility index (Phi) is 6.31. The largest absolute Gasteiger partial charge is 0.396 e. The van der Waals surface area contributed by atoms with Gasteiger partial charge in [0.25, 0.3) is 0 Å². The number of para-hydroxylation sites is 1. The molecule has 0 spiro atoms. The normalized spacial score (nSPS) is 11.3. The highest BCUT2D eigenvalue weighted by Gasteiger charge is 2.31. The summed E-state index contributed by atoms with van der Waals surface area (Å²) in [6, 6.07) is 20.5. The molecule has 4 aromatic rings. The first-order valence-electron chi connectivity index (χ1n) is 10.2. The molecule has 0 unspecified atom stereocenters. The molecule has 0 atom stereocenters. The molecule has 0 aliphatic carbocycles. The summed E-state index contributed by atoms with van der Waals surface area (Å²) in [4.78, 5) is 13.2. The molecule has 0 bridgehead atoms. The Balaban J connectivity index is 1.90. The number of nitrogens with one attached hydrogen (secondary N) is 1. The third-order valence-corrected chi connectivity index (χ3v) is 8.28. The smallest absolute Gasteiger partial charge is 0.211 e. The van der Waals surface area contributed by atoms with Gasteiger partial charge in [-0.2, -0.15) is 0 Å². The van der Waals surface area contributed by atoms with Crippen molar-refractivity contribution < 1.29 is 17.6 Å². The van der Waals surface area contributed by atoms with Crippen molar-refractivity contribution in [3.8, 4) is 0 Å². The van der Waals surface area contributed by atoms with Gasteiger partial charge in [-0.1, -0.05) is 43.3 Å². The van der Waals surface area contributed by atoms with Crippen molar-refractivity contribution in [1.82, 2.24) is 0 Å². The van der Waals surface area contributed by atoms with Gasteiger partial charge in [-0.05, 0) is 54.4 Å². The van der Waals surface area contributed by atoms with Crippen LogP contribution in [0.5, 0.6) is 0 Å². The van der Waals surface area contributed by atoms with Crippen molar-refractivity contribution in [2.75, 3.05) is 11.1 Å². The van der Waals surface area contributed by atoms with Crippen LogP contribution in [-0.2, 0) is 16.3 Å². The van der Waals surface area contributed by atoms with Gasteiger partial charge in [0.05, 0.1) is 10.6 Å². The summed E-state index contributed by atoms with van der Waals surface area (Å²) in [5.74, 6) is -0.949. The molecule has 1 heterocycles. The Bertz CT molecular complexity index is 1410. The van der Waals surface area contributed by atoms with Crippen molar-refractivity contribution in [2.45, 2.75) is 23.1 Å². The number of carbonyl (C=O) groups is 1. The topological polar surface area (TPSA) is 89.3 Å². The number of sulfone groups is 1. The number of hydrogen-bond donors (Lipinski definition) is 2. The predicted molar refractivity (Wildman–Crippen MR) is 130 cm³/mol. The fourth-order valence-corrected chi connectivity index (χ4v) is 6.42. The zero-order valence-corrected chi connectivity index (χ0v) is 19.3. The van der Waals surface area contributed by atoms with E-state index in [4.69, 9.17) is 5.73 Å². The molecule has 0 aliphatic heterocycles. The minimum absolute atomic E-state index is 0.0714. The van der Waals surface area contributed by atoms with Gasteiger partial charge in [-0.15, -0.1) is 11.3 Å². The highest BCUT2D eigenvalue weighted by molar-refractivity contribution is 7.92. The Morgan fingerprint density at radius 2 is 1.61 bits per heavy atom. The second kappa shape index (κ2) is 9.17. The maximum atomic E-state index is 13.6. The zero-order valence-electron chi connectivity index (χ0n) is 17.7. The minimum Gasteiger partial charge on any atom is -0.396 e. The van der Waals surface area contributed by atoms with E-state index in [9.17, 15) is 17.6 Å². The average molecular weight is 481 g/mol. The third kappa shape index (κ3) is 4.40. The molecule has 168 valence electrons. The molecule has 0 saturated heterocycles. The lowest BCUT2D eigenvalue weighted by atomic mass is 10.1. The number of halogens is 1. The maximum Gasteiger partial charge on any atom is 0.211 e. The number of ketones is 1. The number of aryl methyl sites for hydroxylation is 1. The number of rotatable bonds is 7. The zero-order chi connectivity index (χ0) is 23.6. The van der Waals surface area contributed by atoms with Crippen molar-refractivity contribution >= 4 is 43.3 Å². The second-order valence-electron chi connectivity index (χ2n) is 7.29. The number of anilines is 3. The summed E-state index contributed by atoms with van der Waals surface area (Å²) in [6.07, 6.45) is 0.728. The summed E-state index contributed by atoms with van der Waals surface area (Å²) in [6.45, 7) is 1.99. The van der Waals surface area contributed by atoms with Gasteiger partial charge in [-0.3, -0.25) is 4.79 Å². The first kappa shape index (κ1) is 22.7. The van der Waals surface area contributed by atoms with Gasteiger partial charge in [0, 0.05) is 11.3 Å². The van der Waals surface area contributed by atoms with E-state index in [1.165, 1.54) is 36.4 Å². The van der Waals surface area contributed by atoms with Crippen LogP contribution in [0.4, 0.5) is 20.8 Å². The molecular weight excluding hydrogens is 459 g/mol. The summed E-state index contributed by atoms with van der Waals surface area (Å²) in [5, 5.41) is 3.44. The fraction of sp³-hybridized carbons (Fsp3) is 0.0800. The number of nitrogen functional groups attached to an aromatic ring is 1. The van der Waals surface area contributed by atoms with Gasteiger partial charge in [0.2, 0.25) is 15.6 Å². The van der Waals surface area contributed by atoms with E-state index in [-0.39, 0.29) is 30.9 Å². The number of carbonyl (C=O) groups excluding carboxylic acids is 1. The Labute approximate surface area is 195 Å². The van der Waals surface area contributed by atoms with Crippen molar-refractivity contribution in [3.05, 3.63) is 101 Å². The van der Waals surface area contributed by atoms with Crippen LogP contribution in [0, 0.1) is 5.82 Å². The lowest BCUT2D eigenvalue weighted by Gasteiger charge is -2.12. The van der Waals surface area contributed by atoms with Crippen LogP contribution in [0.3, 0.4) is 0 Å². The third-order valence-electron chi connectivity index (χ3n) is 5.18. The first-order chi connectivity index (χ1) is 15.8. The van der Waals surface area contributed by atoms with E-state index >= 15 is 0 Å². The lowest BCUT2D eigenvalue weighted by Crippen LogP contribution is -2.08. The molecule has 4 rings (SSSR count). The minimum atomic E-state index is -4.03. The van der Waals surface area contributed by atoms with E-state index < -0.39 is 21.4 Å². The molecule has 0 aliphatic rings. The quantitative estimate of drug-likeness (QED) is 0.325. The molecule has 33 heavy (non-hydrogen) atoms. The molecule has 0 amide bonds. The van der Waals surface area contributed by atoms with Gasteiger partial charge in [0.1, 0.15) is 20.6 Å². The number of benzene rings is 3. The summed E-state index contributed by atoms with van der Waals surface area (Å²) in [7, 11) is -4.03. The highest BCUT2D eigenvalue weighted by Crippen LogP contribution is 2.44. The predicted octanol–water partition coefficient (Wildman–Crippen LogP) is 5.84. The Morgan fingerprint density at radius 3 is 2.27 bits per heavy atom. The van der Waals surface area contributed by atoms with E-state index in [0.717, 1.165) is 29.0 Å². The second-order valence-corrected chi connectivity index (χ2v) is 10.2. The van der Waals surface area contributed by atoms with Crippen molar-refractivity contribution in [3.63, 3.8) is 0 Å². The van der Waals surface area contributed by atoms with Gasteiger partial charge >= 0.3 is 0 Å². The highest BCUT2D eigenvalue weighted by atomic mass is 32.2. The van der Waals surface area contributed by atoms with Crippen LogP contribution in [0.2, 0.25) is 0 Å². The number of nitrogens with two attached hydrogens (primary N) is 1. The maximum absolute atomic E-state index is 13.6. The average Bonchev–Trinajstić information content (AvgIpc) is 3.16. The van der Waals surface area contributed by atoms with E-state index in [2.05, 4.69) is 5.32 Å². The van der Waals surface area contributed by atoms with Crippen LogP contribution in [0.15, 0.2) is 88.7 Å². The molecule has 3 N–H and O–H groups in total. The Hall–Kier alpha value is -3.49. The van der Waals surface area contributed by atoms with Crippen LogP contribution < -0.4 is 11.1 Å². The van der Waals surface area contributed by atoms with E-state index in [1.807, 2.05) is 31.2 Å². The first-order valence-corrected chi connectivity index (χ1v) is 12.5. The standard InChI is InChI=1S/C25H21FN2O3S2/c1-2-16-8-6-7-11-20(16)28-25-24(33(30,31)19-9-4-3-5-10-19)21(27)23(32-25)22(29)17-12-14-18(26)15-13-17/h3-15,28H,2,27H2,1H3. The van der Waals surface area contributed by atoms with Crippen LogP contribution in [0.1, 0.15) is 27.7 Å². The van der Waals surface area contributed by atoms with E-state index in [0.29, 0.717) is 0 Å².